The SMILES string of the molecule is C[NH-].C[NH-].C[NH-].NC[S-].NC[S-].NC[S-].[Cu].[Cu].[Cu].[Cu].[Cu].[Cu].[Cu].[Cu].[Cu].[Cu].[NH-]CCCNCCO.[NH-]CCCNCCO.[NH-]CCCNCCO.[NH-]CCCNCCO.[NH-]CCCNCCO.[NH-]CCCNCCO.[NH-]CCCNCCO.[NH-]CCCNCCO.[NH-]C[S-].[NH-]C[S-].[NH-]C[S-].[NH-]C[S-].[NH-]C[S-]. The van der Waals surface area contributed by atoms with Gasteiger partial charge in [-0.1, -0.05) is 51.4 Å². The van der Waals surface area contributed by atoms with Crippen LogP contribution in [0.25, 0.3) is 91.7 Å². The minimum absolute atomic E-state index is 0. The molecule has 0 unspecified atom stereocenters. The van der Waals surface area contributed by atoms with E-state index in [9.17, 15) is 0 Å². The maximum atomic E-state index is 8.26. The van der Waals surface area contributed by atoms with Gasteiger partial charge in [0.15, 0.2) is 0 Å². The minimum atomic E-state index is 0. The normalized spacial score (nSPS) is 7.56. The summed E-state index contributed by atoms with van der Waals surface area (Å²) in [7, 11) is 3.75. The van der Waals surface area contributed by atoms with Crippen LogP contribution in [0.1, 0.15) is 51.4 Å². The fourth-order valence-electron chi connectivity index (χ4n) is 3.34. The molecule has 0 aliphatic heterocycles. The second-order valence-corrected chi connectivity index (χ2v) is 16.3. The van der Waals surface area contributed by atoms with E-state index in [2.05, 4.69) is 161 Å². The van der Waals surface area contributed by atoms with Gasteiger partial charge in [-0.25, -0.2) is 0 Å². The Bertz CT molecular complexity index is 632. The molecule has 0 fully saturated rings. The predicted octanol–water partition coefficient (Wildman–Crippen LogP) is 3.13. The summed E-state index contributed by atoms with van der Waals surface area (Å²) < 4.78 is 0. The quantitative estimate of drug-likeness (QED) is 0.0238. The van der Waals surface area contributed by atoms with Gasteiger partial charge < -0.3 is 293 Å². The first kappa shape index (κ1) is 200. The third-order valence-corrected chi connectivity index (χ3v) is 6.55. The Hall–Kier alpha value is 6.59. The molecule has 0 rings (SSSR count). The second kappa shape index (κ2) is 330. The van der Waals surface area contributed by atoms with Gasteiger partial charge in [-0.05, 0) is 52.4 Å². The van der Waals surface area contributed by atoms with Crippen LogP contribution >= 0.6 is 0 Å². The minimum Gasteiger partial charge on any atom is -0.815 e. The van der Waals surface area contributed by atoms with Crippen molar-refractivity contribution >= 4 is 101 Å². The van der Waals surface area contributed by atoms with Crippen molar-refractivity contribution in [3.63, 3.8) is 0 Å². The molecule has 38 N–H and O–H groups in total. The molecule has 0 heterocycles. The summed E-state index contributed by atoms with van der Waals surface area (Å²) in [5.74, 6) is 1.42. The summed E-state index contributed by atoms with van der Waals surface area (Å²) in [6, 6.07) is 0. The van der Waals surface area contributed by atoms with Gasteiger partial charge in [0, 0.05) is 223 Å². The number of hydrogen-bond donors (Lipinski definition) is 19. The summed E-state index contributed by atoms with van der Waals surface area (Å²) in [5.41, 5.74) is 115. The average Bonchev–Trinajstić information content (AvgIpc) is 3.61. The van der Waals surface area contributed by atoms with Crippen LogP contribution in [-0.2, 0) is 272 Å². The van der Waals surface area contributed by atoms with Gasteiger partial charge in [0.1, 0.15) is 0 Å². The standard InChI is InChI=1S/8C5H13N2O.3CH5NS.5CH4NS.3CH4N.10Cu/c8*6-2-1-3-7-4-5-8;8*2-1-3;3*1-2;;;;;;;;;;/h8*6-8H,1-5H2;3*3H,1-2H2;5*2-3H,1H2;3*2H,1H3;;;;;;;;;;/q8*-1;;;;8*-1;;;;;;;;;;/p-8. The molecule has 0 aliphatic rings. The van der Waals surface area contributed by atoms with Gasteiger partial charge in [-0.2, -0.15) is 21.1 Å². The predicted molar refractivity (Wildman–Crippen MR) is 433 cm³/mol. The topological polar surface area (TPSA) is 717 Å². The number of nitrogens with two attached hydrogens (primary N) is 3. The zero-order valence-electron chi connectivity index (χ0n) is 60.5. The van der Waals surface area contributed by atoms with Crippen molar-refractivity contribution in [3.05, 3.63) is 91.7 Å². The molecule has 0 bridgehead atoms. The maximum Gasteiger partial charge on any atom is 0.0555 e. The van der Waals surface area contributed by atoms with Crippen LogP contribution in [0.2, 0.25) is 0 Å². The van der Waals surface area contributed by atoms with E-state index in [1.807, 2.05) is 0 Å². The molecule has 53 heteroatoms. The Labute approximate surface area is 784 Å². The van der Waals surface area contributed by atoms with Crippen molar-refractivity contribution in [2.75, 3.05) is 278 Å². The molecular weight excluding hydrogens is 2010 g/mol. The Morgan fingerprint density at radius 2 is 0.250 bits per heavy atom. The van der Waals surface area contributed by atoms with E-state index in [4.69, 9.17) is 133 Å². The first-order valence-electron chi connectivity index (χ1n) is 29.8. The summed E-state index contributed by atoms with van der Waals surface area (Å²) >= 11 is 32.8. The summed E-state index contributed by atoms with van der Waals surface area (Å²) in [4.78, 5) is 0. The first-order valence-corrected chi connectivity index (χ1v) is 34.4. The van der Waals surface area contributed by atoms with Crippen LogP contribution < -0.4 is 59.7 Å². The monoisotopic (exact) mass is 2150 g/mol. The molecule has 0 aliphatic carbocycles. The second-order valence-electron chi connectivity index (χ2n) is 13.8. The summed E-state index contributed by atoms with van der Waals surface area (Å²) in [5, 5.41) is 89.8. The molecule has 0 aromatic heterocycles. The van der Waals surface area contributed by atoms with Crippen LogP contribution in [0, 0.1) is 0 Å². The zero-order valence-corrected chi connectivity index (χ0v) is 76.5. The van der Waals surface area contributed by atoms with Crippen LogP contribution in [0.4, 0.5) is 0 Å². The maximum absolute atomic E-state index is 8.26. The van der Waals surface area contributed by atoms with Crippen molar-refractivity contribution in [2.24, 2.45) is 17.2 Å². The molecule has 0 spiro atoms. The van der Waals surface area contributed by atoms with Crippen LogP contribution in [0.5, 0.6) is 0 Å². The van der Waals surface area contributed by atoms with E-state index in [0.29, 0.717) is 122 Å². The Kier molecular flexibility index (Phi) is 633. The number of aliphatic hydroxyl groups is 8. The van der Waals surface area contributed by atoms with Crippen molar-refractivity contribution in [1.29, 1.82) is 0 Å². The van der Waals surface area contributed by atoms with Crippen molar-refractivity contribution in [3.8, 4) is 0 Å². The molecule has 0 aromatic rings. The molecule has 0 saturated heterocycles. The van der Waals surface area contributed by atoms with Gasteiger partial charge >= 0.3 is 0 Å². The summed E-state index contributed by atoms with van der Waals surface area (Å²) in [6.45, 7) is 17.3. The van der Waals surface area contributed by atoms with E-state index in [0.717, 1.165) is 104 Å². The number of nitrogens with one attached hydrogen (secondary N) is 24. The third-order valence-electron chi connectivity index (χ3n) is 6.55. The van der Waals surface area contributed by atoms with Crippen molar-refractivity contribution in [2.45, 2.75) is 51.4 Å². The molecule has 35 nitrogen and oxygen atoms in total. The van der Waals surface area contributed by atoms with E-state index in [1.165, 1.54) is 21.1 Å². The summed E-state index contributed by atoms with van der Waals surface area (Å²) in [6.07, 6.45) is 7.00. The molecule has 712 valence electrons. The van der Waals surface area contributed by atoms with E-state index in [-0.39, 0.29) is 253 Å². The zero-order chi connectivity index (χ0) is 77.6. The molecule has 0 amide bonds. The van der Waals surface area contributed by atoms with Crippen LogP contribution in [0.3, 0.4) is 0 Å². The van der Waals surface area contributed by atoms with E-state index in [1.54, 1.807) is 0 Å². The Morgan fingerprint density at radius 3 is 0.288 bits per heavy atom. The van der Waals surface area contributed by atoms with Gasteiger partial charge in [-0.15, -0.1) is 70.0 Å². The molecule has 0 saturated carbocycles. The molecule has 0 atom stereocenters. The van der Waals surface area contributed by atoms with E-state index >= 15 is 0 Å². The van der Waals surface area contributed by atoms with E-state index < -0.39 is 0 Å². The van der Waals surface area contributed by atoms with Gasteiger partial charge in [0.05, 0.1) is 52.9 Å². The fourth-order valence-corrected chi connectivity index (χ4v) is 3.34. The molecule has 10 radical (unpaired) electrons. The smallest absolute Gasteiger partial charge is 0.0555 e. The van der Waals surface area contributed by atoms with Gasteiger partial charge in [0.2, 0.25) is 0 Å². The largest absolute Gasteiger partial charge is 0.815 e. The number of aliphatic hydroxyl groups excluding tert-OH is 8. The van der Waals surface area contributed by atoms with Crippen LogP contribution in [-0.4, -0.2) is 319 Å². The number of hydrogen-bond acceptors (Lipinski definition) is 27. The van der Waals surface area contributed by atoms with Crippen molar-refractivity contribution in [1.82, 2.24) is 42.5 Å². The Balaban J connectivity index is -0.0000000214. The molecule has 0 aromatic carbocycles. The average molecular weight is 2150 g/mol. The third kappa shape index (κ3) is 579. The van der Waals surface area contributed by atoms with Gasteiger partial charge in [-0.3, -0.25) is 29.4 Å². The van der Waals surface area contributed by atoms with Crippen molar-refractivity contribution < 1.29 is 212 Å². The van der Waals surface area contributed by atoms with Crippen LogP contribution in [0.15, 0.2) is 0 Å². The molecule has 104 heavy (non-hydrogen) atoms. The number of rotatable bonds is 40. The fraction of sp³-hybridized carbons (Fsp3) is 1.00. The van der Waals surface area contributed by atoms with Gasteiger partial charge in [0.25, 0.3) is 0 Å². The molecular formula is C51H143Cu10N27O8S8-24. The Morgan fingerprint density at radius 1 is 0.192 bits per heavy atom. The first-order chi connectivity index (χ1) is 45.6.